The highest BCUT2D eigenvalue weighted by molar-refractivity contribution is 6.23. The quantitative estimate of drug-likeness (QED) is 0.333. The Morgan fingerprint density at radius 1 is 1.03 bits per heavy atom. The number of hydrogen-bond acceptors (Lipinski definition) is 7. The van der Waals surface area contributed by atoms with Gasteiger partial charge < -0.3 is 10.0 Å². The van der Waals surface area contributed by atoms with Crippen molar-refractivity contribution >= 4 is 28.9 Å². The number of carbonyl (C=O) groups is 2. The number of anilines is 2. The van der Waals surface area contributed by atoms with E-state index in [-0.39, 0.29) is 53.5 Å². The van der Waals surface area contributed by atoms with Gasteiger partial charge in [0.1, 0.15) is 5.69 Å². The first-order valence-corrected chi connectivity index (χ1v) is 10.4. The molecule has 0 spiro atoms. The van der Waals surface area contributed by atoms with Crippen LogP contribution in [0.15, 0.2) is 30.4 Å². The van der Waals surface area contributed by atoms with Crippen LogP contribution in [0.5, 0.6) is 0 Å². The SMILES string of the molecule is O=C1[C@@H]2[C@H](C(=O)N1c1ccc(N3CCN(CCO)CC3)c([N+](=O)[O-])c1)[C@H]1C=C[C@H]2C1. The van der Waals surface area contributed by atoms with Gasteiger partial charge in [-0.25, -0.2) is 4.90 Å². The molecule has 1 aromatic carbocycles. The van der Waals surface area contributed by atoms with E-state index in [4.69, 9.17) is 5.11 Å². The number of piperazine rings is 1. The highest BCUT2D eigenvalue weighted by Crippen LogP contribution is 2.53. The van der Waals surface area contributed by atoms with E-state index in [1.807, 2.05) is 17.1 Å². The molecule has 0 unspecified atom stereocenters. The topological polar surface area (TPSA) is 107 Å². The second-order valence-electron chi connectivity index (χ2n) is 8.49. The fourth-order valence-corrected chi connectivity index (χ4v) is 5.58. The number of hydrogen-bond donors (Lipinski definition) is 1. The van der Waals surface area contributed by atoms with E-state index in [2.05, 4.69) is 4.90 Å². The zero-order chi connectivity index (χ0) is 21.0. The Labute approximate surface area is 173 Å². The molecule has 9 nitrogen and oxygen atoms in total. The predicted octanol–water partition coefficient (Wildman–Crippen LogP) is 1.02. The van der Waals surface area contributed by atoms with Crippen molar-refractivity contribution in [2.24, 2.45) is 23.7 Å². The van der Waals surface area contributed by atoms with Gasteiger partial charge in [0.2, 0.25) is 11.8 Å². The zero-order valence-electron chi connectivity index (χ0n) is 16.5. The zero-order valence-corrected chi connectivity index (χ0v) is 16.5. The summed E-state index contributed by atoms with van der Waals surface area (Å²) < 4.78 is 0. The number of carbonyl (C=O) groups excluding carboxylic acids is 2. The van der Waals surface area contributed by atoms with Gasteiger partial charge in [0, 0.05) is 38.8 Å². The van der Waals surface area contributed by atoms with Gasteiger partial charge in [0.25, 0.3) is 5.69 Å². The highest BCUT2D eigenvalue weighted by Gasteiger charge is 2.59. The predicted molar refractivity (Wildman–Crippen MR) is 109 cm³/mol. The summed E-state index contributed by atoms with van der Waals surface area (Å²) >= 11 is 0. The fraction of sp³-hybridized carbons (Fsp3) is 0.524. The molecule has 2 aliphatic carbocycles. The minimum Gasteiger partial charge on any atom is -0.395 e. The number of nitrogens with zero attached hydrogens (tertiary/aromatic N) is 4. The Balaban J connectivity index is 1.42. The summed E-state index contributed by atoms with van der Waals surface area (Å²) in [5, 5.41) is 20.9. The van der Waals surface area contributed by atoms with Crippen molar-refractivity contribution in [3.05, 3.63) is 40.5 Å². The molecule has 0 radical (unpaired) electrons. The van der Waals surface area contributed by atoms with Crippen LogP contribution < -0.4 is 9.80 Å². The van der Waals surface area contributed by atoms with Gasteiger partial charge in [-0.15, -0.1) is 0 Å². The monoisotopic (exact) mass is 412 g/mol. The number of aliphatic hydroxyl groups is 1. The van der Waals surface area contributed by atoms with E-state index >= 15 is 0 Å². The number of aliphatic hydroxyl groups excluding tert-OH is 1. The highest BCUT2D eigenvalue weighted by atomic mass is 16.6. The van der Waals surface area contributed by atoms with E-state index < -0.39 is 4.92 Å². The number of β-amino-alcohol motifs (C(OH)–C–C–N with tert-alkyl or cyclic N) is 1. The second kappa shape index (κ2) is 7.17. The minimum atomic E-state index is -0.448. The molecule has 2 amide bonds. The summed E-state index contributed by atoms with van der Waals surface area (Å²) in [6.07, 6.45) is 4.91. The molecule has 158 valence electrons. The summed E-state index contributed by atoms with van der Waals surface area (Å²) in [5.74, 6) is -0.920. The first kappa shape index (κ1) is 19.2. The van der Waals surface area contributed by atoms with E-state index in [0.29, 0.717) is 38.4 Å². The Morgan fingerprint density at radius 2 is 1.67 bits per heavy atom. The number of allylic oxidation sites excluding steroid dienone is 2. The smallest absolute Gasteiger partial charge is 0.294 e. The average Bonchev–Trinajstić information content (AvgIpc) is 3.42. The first-order chi connectivity index (χ1) is 14.5. The number of rotatable bonds is 5. The molecule has 1 N–H and O–H groups in total. The van der Waals surface area contributed by atoms with Crippen molar-refractivity contribution in [1.29, 1.82) is 0 Å². The number of fused-ring (bicyclic) bond motifs is 5. The molecule has 4 aliphatic rings. The average molecular weight is 412 g/mol. The summed E-state index contributed by atoms with van der Waals surface area (Å²) in [5.41, 5.74) is 0.684. The first-order valence-electron chi connectivity index (χ1n) is 10.4. The third-order valence-corrected chi connectivity index (χ3v) is 7.01. The van der Waals surface area contributed by atoms with E-state index in [1.165, 1.54) is 6.07 Å². The molecule has 2 saturated heterocycles. The summed E-state index contributed by atoms with van der Waals surface area (Å²) in [4.78, 5) is 42.6. The fourth-order valence-electron chi connectivity index (χ4n) is 5.58. The normalized spacial score (nSPS) is 30.4. The maximum Gasteiger partial charge on any atom is 0.294 e. The standard InChI is InChI=1S/C21H24N4O5/c26-10-9-22-5-7-23(8-6-22)16-4-3-15(12-17(16)25(29)30)24-20(27)18-13-1-2-14(11-13)19(18)21(24)28/h1-4,12-14,18-19,26H,5-11H2/t13-,14-,18-,19+/m0/s1. The molecule has 9 heteroatoms. The Kier molecular flexibility index (Phi) is 4.59. The summed E-state index contributed by atoms with van der Waals surface area (Å²) in [7, 11) is 0. The van der Waals surface area contributed by atoms with Crippen LogP contribution in [0.4, 0.5) is 17.1 Å². The van der Waals surface area contributed by atoms with Crippen LogP contribution in [0.3, 0.4) is 0 Å². The van der Waals surface area contributed by atoms with Crippen molar-refractivity contribution in [1.82, 2.24) is 4.90 Å². The van der Waals surface area contributed by atoms with Crippen LogP contribution in [-0.2, 0) is 9.59 Å². The van der Waals surface area contributed by atoms with Crippen LogP contribution in [0.1, 0.15) is 6.42 Å². The molecule has 2 bridgehead atoms. The molecular weight excluding hydrogens is 388 g/mol. The number of imide groups is 1. The van der Waals surface area contributed by atoms with Gasteiger partial charge >= 0.3 is 0 Å². The number of amides is 2. The lowest BCUT2D eigenvalue weighted by Gasteiger charge is -2.35. The molecule has 3 fully saturated rings. The van der Waals surface area contributed by atoms with Crippen molar-refractivity contribution in [2.45, 2.75) is 6.42 Å². The lowest BCUT2D eigenvalue weighted by atomic mass is 9.85. The van der Waals surface area contributed by atoms with E-state index in [9.17, 15) is 19.7 Å². The molecule has 0 aromatic heterocycles. The summed E-state index contributed by atoms with van der Waals surface area (Å²) in [6.45, 7) is 3.32. The van der Waals surface area contributed by atoms with E-state index in [0.717, 1.165) is 11.3 Å². The molecule has 2 heterocycles. The number of benzene rings is 1. The van der Waals surface area contributed by atoms with Gasteiger partial charge in [-0.05, 0) is 30.4 Å². The van der Waals surface area contributed by atoms with Gasteiger partial charge in [0.05, 0.1) is 29.1 Å². The van der Waals surface area contributed by atoms with E-state index in [1.54, 1.807) is 12.1 Å². The lowest BCUT2D eigenvalue weighted by molar-refractivity contribution is -0.384. The van der Waals surface area contributed by atoms with Crippen LogP contribution in [-0.4, -0.2) is 66.1 Å². The van der Waals surface area contributed by atoms with Crippen LogP contribution in [0.2, 0.25) is 0 Å². The third-order valence-electron chi connectivity index (χ3n) is 7.01. The van der Waals surface area contributed by atoms with Gasteiger partial charge in [-0.1, -0.05) is 12.2 Å². The maximum atomic E-state index is 13.0. The second-order valence-corrected chi connectivity index (χ2v) is 8.49. The van der Waals surface area contributed by atoms with Crippen LogP contribution >= 0.6 is 0 Å². The molecule has 5 rings (SSSR count). The Bertz CT molecular complexity index is 909. The van der Waals surface area contributed by atoms with Crippen molar-refractivity contribution in [3.63, 3.8) is 0 Å². The van der Waals surface area contributed by atoms with Crippen molar-refractivity contribution in [2.75, 3.05) is 49.1 Å². The third kappa shape index (κ3) is 2.84. The molecule has 4 atom stereocenters. The number of nitro benzene ring substituents is 1. The molecule has 1 saturated carbocycles. The van der Waals surface area contributed by atoms with Crippen molar-refractivity contribution in [3.8, 4) is 0 Å². The largest absolute Gasteiger partial charge is 0.395 e. The Morgan fingerprint density at radius 3 is 2.23 bits per heavy atom. The summed E-state index contributed by atoms with van der Waals surface area (Å²) in [6, 6.07) is 4.66. The van der Waals surface area contributed by atoms with Crippen molar-refractivity contribution < 1.29 is 19.6 Å². The Hall–Kier alpha value is -2.78. The number of nitro groups is 1. The molecule has 30 heavy (non-hydrogen) atoms. The minimum absolute atomic E-state index is 0.0892. The van der Waals surface area contributed by atoms with Gasteiger partial charge in [0.15, 0.2) is 0 Å². The molecular formula is C21H24N4O5. The van der Waals surface area contributed by atoms with Crippen LogP contribution in [0.25, 0.3) is 0 Å². The lowest BCUT2D eigenvalue weighted by Crippen LogP contribution is -2.47. The van der Waals surface area contributed by atoms with Gasteiger partial charge in [-0.2, -0.15) is 0 Å². The molecule has 2 aliphatic heterocycles. The maximum absolute atomic E-state index is 13.0. The van der Waals surface area contributed by atoms with Crippen LogP contribution in [0, 0.1) is 33.8 Å². The van der Waals surface area contributed by atoms with Gasteiger partial charge in [-0.3, -0.25) is 24.6 Å². The molecule has 1 aromatic rings.